The van der Waals surface area contributed by atoms with Gasteiger partial charge in [-0.25, -0.2) is 0 Å². The van der Waals surface area contributed by atoms with Crippen molar-refractivity contribution in [1.82, 2.24) is 0 Å². The summed E-state index contributed by atoms with van der Waals surface area (Å²) >= 11 is 0. The maximum atomic E-state index is 12.2. The van der Waals surface area contributed by atoms with E-state index in [1.54, 1.807) is 0 Å². The lowest BCUT2D eigenvalue weighted by molar-refractivity contribution is -0.128. The number of unbranched alkanes of at least 4 members (excludes halogenated alkanes) is 1. The van der Waals surface area contributed by atoms with Crippen molar-refractivity contribution in [3.63, 3.8) is 0 Å². The zero-order valence-corrected chi connectivity index (χ0v) is 9.74. The van der Waals surface area contributed by atoms with Gasteiger partial charge in [-0.2, -0.15) is 0 Å². The summed E-state index contributed by atoms with van der Waals surface area (Å²) in [7, 11) is 0. The van der Waals surface area contributed by atoms with Crippen LogP contribution in [0.25, 0.3) is 0 Å². The average molecular weight is 206 g/mol. The molecule has 0 aromatic rings. The van der Waals surface area contributed by atoms with E-state index in [2.05, 4.69) is 6.92 Å². The van der Waals surface area contributed by atoms with E-state index in [-0.39, 0.29) is 0 Å². The number of carbonyl (C=O) groups excluding carboxylic acids is 1. The van der Waals surface area contributed by atoms with Gasteiger partial charge < -0.3 is 0 Å². The Hall–Kier alpha value is -0.330. The van der Waals surface area contributed by atoms with Gasteiger partial charge >= 0.3 is 0 Å². The van der Waals surface area contributed by atoms with E-state index in [1.807, 2.05) is 0 Å². The summed E-state index contributed by atoms with van der Waals surface area (Å²) in [5, 5.41) is 0. The van der Waals surface area contributed by atoms with Gasteiger partial charge in [0.25, 0.3) is 0 Å². The Morgan fingerprint density at radius 3 is 2.80 bits per heavy atom. The first kappa shape index (κ1) is 9.86. The fraction of sp³-hybridized carbons (Fsp3) is 0.929. The highest BCUT2D eigenvalue weighted by Crippen LogP contribution is 2.60. The Kier molecular flexibility index (Phi) is 2.37. The summed E-state index contributed by atoms with van der Waals surface area (Å²) in [5.74, 6) is 4.23. The van der Waals surface area contributed by atoms with E-state index >= 15 is 0 Å². The Labute approximate surface area is 92.6 Å². The lowest BCUT2D eigenvalue weighted by atomic mass is 9.73. The van der Waals surface area contributed by atoms with E-state index in [0.717, 1.165) is 17.8 Å². The Morgan fingerprint density at radius 1 is 1.20 bits per heavy atom. The van der Waals surface area contributed by atoms with Gasteiger partial charge in [0.05, 0.1) is 0 Å². The van der Waals surface area contributed by atoms with Gasteiger partial charge in [-0.05, 0) is 43.4 Å². The minimum Gasteiger partial charge on any atom is -0.299 e. The minimum absolute atomic E-state index is 0.481. The lowest BCUT2D eigenvalue weighted by Crippen LogP contribution is -2.32. The molecule has 0 N–H and O–H groups in total. The lowest BCUT2D eigenvalue weighted by Gasteiger charge is -2.30. The molecule has 3 rings (SSSR count). The normalized spacial score (nSPS) is 47.5. The fourth-order valence-corrected chi connectivity index (χ4v) is 4.75. The van der Waals surface area contributed by atoms with Crippen LogP contribution in [-0.4, -0.2) is 5.78 Å². The summed E-state index contributed by atoms with van der Waals surface area (Å²) in [6.07, 6.45) is 9.16. The van der Waals surface area contributed by atoms with Gasteiger partial charge in [0, 0.05) is 11.8 Å². The van der Waals surface area contributed by atoms with Gasteiger partial charge in [-0.3, -0.25) is 4.79 Å². The topological polar surface area (TPSA) is 17.1 Å². The van der Waals surface area contributed by atoms with Crippen LogP contribution in [0.4, 0.5) is 0 Å². The van der Waals surface area contributed by atoms with Gasteiger partial charge in [0.15, 0.2) is 0 Å². The van der Waals surface area contributed by atoms with Crippen molar-refractivity contribution in [1.29, 1.82) is 0 Å². The molecule has 0 amide bonds. The van der Waals surface area contributed by atoms with Crippen LogP contribution < -0.4 is 0 Å². The van der Waals surface area contributed by atoms with Crippen molar-refractivity contribution in [2.24, 2.45) is 29.6 Å². The van der Waals surface area contributed by atoms with E-state index in [0.29, 0.717) is 17.6 Å². The molecule has 1 nitrogen and oxygen atoms in total. The molecule has 0 radical (unpaired) electrons. The molecule has 0 aromatic heterocycles. The molecular weight excluding hydrogens is 184 g/mol. The SMILES string of the molecule is CCCCC1C(=O)C2CC1C1CCCC21. The first-order valence-electron chi connectivity index (χ1n) is 6.86. The van der Waals surface area contributed by atoms with Crippen molar-refractivity contribution >= 4 is 5.78 Å². The van der Waals surface area contributed by atoms with E-state index in [4.69, 9.17) is 0 Å². The zero-order valence-electron chi connectivity index (χ0n) is 9.74. The molecule has 3 aliphatic carbocycles. The molecule has 15 heavy (non-hydrogen) atoms. The largest absolute Gasteiger partial charge is 0.299 e. The molecule has 84 valence electrons. The van der Waals surface area contributed by atoms with Crippen LogP contribution in [-0.2, 0) is 4.79 Å². The van der Waals surface area contributed by atoms with Crippen molar-refractivity contribution in [3.8, 4) is 0 Å². The first-order valence-corrected chi connectivity index (χ1v) is 6.86. The number of hydrogen-bond donors (Lipinski definition) is 0. The van der Waals surface area contributed by atoms with Crippen molar-refractivity contribution < 1.29 is 4.79 Å². The Balaban J connectivity index is 1.75. The average Bonchev–Trinajstić information content (AvgIpc) is 2.85. The highest BCUT2D eigenvalue weighted by Gasteiger charge is 2.57. The van der Waals surface area contributed by atoms with Gasteiger partial charge in [0.1, 0.15) is 5.78 Å². The predicted octanol–water partition coefficient (Wildman–Crippen LogP) is 3.43. The van der Waals surface area contributed by atoms with E-state index in [1.165, 1.54) is 44.9 Å². The summed E-state index contributed by atoms with van der Waals surface area (Å²) in [6.45, 7) is 2.23. The highest BCUT2D eigenvalue weighted by molar-refractivity contribution is 5.87. The molecule has 0 aromatic carbocycles. The van der Waals surface area contributed by atoms with E-state index in [9.17, 15) is 4.79 Å². The minimum atomic E-state index is 0.481. The molecule has 5 unspecified atom stereocenters. The van der Waals surface area contributed by atoms with Gasteiger partial charge in [0.2, 0.25) is 0 Å². The third-order valence-electron chi connectivity index (χ3n) is 5.33. The third-order valence-corrected chi connectivity index (χ3v) is 5.33. The van der Waals surface area contributed by atoms with Gasteiger partial charge in [-0.15, -0.1) is 0 Å². The first-order chi connectivity index (χ1) is 7.33. The van der Waals surface area contributed by atoms with Crippen LogP contribution >= 0.6 is 0 Å². The van der Waals surface area contributed by atoms with Gasteiger partial charge in [-0.1, -0.05) is 26.2 Å². The quantitative estimate of drug-likeness (QED) is 0.691. The molecule has 3 aliphatic rings. The second-order valence-electron chi connectivity index (χ2n) is 5.92. The van der Waals surface area contributed by atoms with Crippen LogP contribution in [0.1, 0.15) is 51.9 Å². The van der Waals surface area contributed by atoms with Crippen molar-refractivity contribution in [2.45, 2.75) is 51.9 Å². The molecule has 5 atom stereocenters. The number of fused-ring (bicyclic) bond motifs is 5. The standard InChI is InChI=1S/C14H22O/c1-2-3-5-11-12-8-13(14(11)15)10-7-4-6-9(10)12/h9-13H,2-8H2,1H3. The van der Waals surface area contributed by atoms with Crippen LogP contribution in [0.5, 0.6) is 0 Å². The molecule has 1 heteroatoms. The molecule has 0 spiro atoms. The van der Waals surface area contributed by atoms with Crippen LogP contribution in [0.2, 0.25) is 0 Å². The number of rotatable bonds is 3. The Bertz CT molecular complexity index is 271. The predicted molar refractivity (Wildman–Crippen MR) is 60.5 cm³/mol. The summed E-state index contributed by atoms with van der Waals surface area (Å²) in [5.41, 5.74) is 0. The van der Waals surface area contributed by atoms with Crippen LogP contribution in [0, 0.1) is 29.6 Å². The molecule has 0 aliphatic heterocycles. The molecule has 3 saturated carbocycles. The maximum Gasteiger partial charge on any atom is 0.139 e. The van der Waals surface area contributed by atoms with E-state index < -0.39 is 0 Å². The number of Topliss-reactive ketones (excluding diaryl/α,β-unsaturated/α-hetero) is 1. The number of carbonyl (C=O) groups is 1. The summed E-state index contributed by atoms with van der Waals surface area (Å²) < 4.78 is 0. The molecule has 0 saturated heterocycles. The molecule has 2 bridgehead atoms. The second-order valence-corrected chi connectivity index (χ2v) is 5.92. The van der Waals surface area contributed by atoms with Crippen molar-refractivity contribution in [2.75, 3.05) is 0 Å². The fourth-order valence-electron chi connectivity index (χ4n) is 4.75. The summed E-state index contributed by atoms with van der Waals surface area (Å²) in [4.78, 5) is 12.2. The monoisotopic (exact) mass is 206 g/mol. The second kappa shape index (κ2) is 3.61. The molecule has 0 heterocycles. The smallest absolute Gasteiger partial charge is 0.139 e. The molecular formula is C14H22O. The van der Waals surface area contributed by atoms with Crippen LogP contribution in [0.15, 0.2) is 0 Å². The highest BCUT2D eigenvalue weighted by atomic mass is 16.1. The maximum absolute atomic E-state index is 12.2. The molecule has 3 fully saturated rings. The van der Waals surface area contributed by atoms with Crippen LogP contribution in [0.3, 0.4) is 0 Å². The third kappa shape index (κ3) is 1.31. The number of ketones is 1. The number of hydrogen-bond acceptors (Lipinski definition) is 1. The summed E-state index contributed by atoms with van der Waals surface area (Å²) in [6, 6.07) is 0. The Morgan fingerprint density at radius 2 is 2.00 bits per heavy atom. The van der Waals surface area contributed by atoms with Crippen molar-refractivity contribution in [3.05, 3.63) is 0 Å². The zero-order chi connectivity index (χ0) is 10.4.